The van der Waals surface area contributed by atoms with Crippen LogP contribution in [0, 0.1) is 18.8 Å². The summed E-state index contributed by atoms with van der Waals surface area (Å²) in [7, 11) is 1.48. The minimum absolute atomic E-state index is 0.117. The minimum atomic E-state index is -1.28. The van der Waals surface area contributed by atoms with Gasteiger partial charge in [0, 0.05) is 19.0 Å². The van der Waals surface area contributed by atoms with Crippen molar-refractivity contribution in [3.05, 3.63) is 65.2 Å². The Balaban J connectivity index is 1.87. The molecule has 0 spiro atoms. The fourth-order valence-corrected chi connectivity index (χ4v) is 5.16. The van der Waals surface area contributed by atoms with E-state index in [-0.39, 0.29) is 36.6 Å². The van der Waals surface area contributed by atoms with Crippen LogP contribution in [0.15, 0.2) is 48.5 Å². The van der Waals surface area contributed by atoms with E-state index in [1.807, 2.05) is 36.5 Å². The second-order valence-corrected chi connectivity index (χ2v) is 8.39. The van der Waals surface area contributed by atoms with Gasteiger partial charge in [0.1, 0.15) is 23.6 Å². The zero-order chi connectivity index (χ0) is 22.3. The number of likely N-dealkylation sites (tertiary alicyclic amines) is 1. The molecule has 2 heterocycles. The van der Waals surface area contributed by atoms with Crippen LogP contribution in [-0.4, -0.2) is 47.0 Å². The van der Waals surface area contributed by atoms with Gasteiger partial charge in [-0.25, -0.2) is 4.79 Å². The summed E-state index contributed by atoms with van der Waals surface area (Å²) in [5, 5.41) is 11.5. The fraction of sp³-hybridized carbons (Fsp3) is 0.375. The first kappa shape index (κ1) is 21.1. The maximum absolute atomic E-state index is 13.4. The van der Waals surface area contributed by atoms with Crippen LogP contribution < -0.4 is 5.32 Å². The first-order valence-corrected chi connectivity index (χ1v) is 10.5. The predicted octanol–water partition coefficient (Wildman–Crippen LogP) is 1.09. The number of hydrogen-bond acceptors (Lipinski definition) is 5. The lowest BCUT2D eigenvalue weighted by Crippen LogP contribution is -2.98. The number of aryl methyl sites for hydroxylation is 1. The summed E-state index contributed by atoms with van der Waals surface area (Å²) in [4.78, 5) is 41.0. The first-order chi connectivity index (χ1) is 14.8. The predicted molar refractivity (Wildman–Crippen MR) is 112 cm³/mol. The van der Waals surface area contributed by atoms with E-state index in [4.69, 9.17) is 4.74 Å². The third-order valence-corrected chi connectivity index (χ3v) is 6.63. The number of quaternary nitrogens is 1. The standard InChI is InChI=1S/C24H26N2O5/c1-4-31-23(30)24(13-15-9-11-16(27)12-10-15)19-18(21(28)26(3)22(19)29)20(25-24)17-8-6-5-7-14(17)2/h5-12,18-20,25,27H,4,13H2,1-3H3/p+1/t18-,19-,20-,24-/m0/s1. The maximum atomic E-state index is 13.4. The van der Waals surface area contributed by atoms with E-state index >= 15 is 0 Å². The molecule has 0 aliphatic carbocycles. The van der Waals surface area contributed by atoms with Crippen LogP contribution in [0.25, 0.3) is 0 Å². The topological polar surface area (TPSA) is 101 Å². The molecule has 0 unspecified atom stereocenters. The molecule has 2 aromatic rings. The number of ether oxygens (including phenoxy) is 1. The smallest absolute Gasteiger partial charge is 0.369 e. The zero-order valence-electron chi connectivity index (χ0n) is 17.9. The Labute approximate surface area is 181 Å². The average Bonchev–Trinajstić information content (AvgIpc) is 3.20. The number of hydrogen-bond donors (Lipinski definition) is 2. The van der Waals surface area contributed by atoms with E-state index in [0.717, 1.165) is 21.6 Å². The number of rotatable bonds is 5. The molecule has 2 aliphatic heterocycles. The number of nitrogens with two attached hydrogens (primary N) is 1. The summed E-state index contributed by atoms with van der Waals surface area (Å²) < 4.78 is 5.46. The Hall–Kier alpha value is -3.19. The lowest BCUT2D eigenvalue weighted by molar-refractivity contribution is -0.734. The van der Waals surface area contributed by atoms with Crippen LogP contribution in [-0.2, 0) is 25.5 Å². The maximum Gasteiger partial charge on any atom is 0.369 e. The van der Waals surface area contributed by atoms with Crippen molar-refractivity contribution in [3.63, 3.8) is 0 Å². The van der Waals surface area contributed by atoms with E-state index in [9.17, 15) is 19.5 Å². The van der Waals surface area contributed by atoms with Gasteiger partial charge < -0.3 is 15.2 Å². The van der Waals surface area contributed by atoms with Gasteiger partial charge in [-0.3, -0.25) is 14.5 Å². The normalized spacial score (nSPS) is 27.5. The monoisotopic (exact) mass is 423 g/mol. The Bertz CT molecular complexity index is 1030. The molecule has 3 N–H and O–H groups in total. The Morgan fingerprint density at radius 1 is 1.13 bits per heavy atom. The number of nitrogens with zero attached hydrogens (tertiary/aromatic N) is 1. The number of aromatic hydroxyl groups is 1. The summed E-state index contributed by atoms with van der Waals surface area (Å²) in [5.74, 6) is -2.48. The summed E-state index contributed by atoms with van der Waals surface area (Å²) >= 11 is 0. The minimum Gasteiger partial charge on any atom is -0.508 e. The van der Waals surface area contributed by atoms with Gasteiger partial charge in [0.05, 0.1) is 6.61 Å². The third kappa shape index (κ3) is 3.29. The van der Waals surface area contributed by atoms with Crippen molar-refractivity contribution in [1.82, 2.24) is 4.90 Å². The largest absolute Gasteiger partial charge is 0.508 e. The highest BCUT2D eigenvalue weighted by atomic mass is 16.5. The molecule has 2 fully saturated rings. The van der Waals surface area contributed by atoms with Gasteiger partial charge in [0.2, 0.25) is 17.4 Å². The number of imide groups is 1. The van der Waals surface area contributed by atoms with Gasteiger partial charge in [-0.15, -0.1) is 0 Å². The molecule has 4 rings (SSSR count). The summed E-state index contributed by atoms with van der Waals surface area (Å²) in [6.45, 7) is 3.87. The lowest BCUT2D eigenvalue weighted by atomic mass is 9.76. The Kier molecular flexibility index (Phi) is 5.31. The SMILES string of the molecule is CCOC(=O)[C@@]1(Cc2ccc(O)cc2)[NH2+][C@@H](c2ccccc2C)[C@H]2C(=O)N(C)C(=O)[C@H]21. The van der Waals surface area contributed by atoms with E-state index < -0.39 is 23.3 Å². The molecule has 0 aromatic heterocycles. The van der Waals surface area contributed by atoms with Crippen LogP contribution in [0.1, 0.15) is 29.7 Å². The van der Waals surface area contributed by atoms with Crippen molar-refractivity contribution in [2.45, 2.75) is 31.8 Å². The van der Waals surface area contributed by atoms with Gasteiger partial charge in [-0.05, 0) is 37.1 Å². The molecule has 2 amide bonds. The van der Waals surface area contributed by atoms with Crippen LogP contribution in [0.2, 0.25) is 0 Å². The van der Waals surface area contributed by atoms with Crippen molar-refractivity contribution in [2.24, 2.45) is 11.8 Å². The fourth-order valence-electron chi connectivity index (χ4n) is 5.16. The zero-order valence-corrected chi connectivity index (χ0v) is 17.9. The highest BCUT2D eigenvalue weighted by Crippen LogP contribution is 2.45. The third-order valence-electron chi connectivity index (χ3n) is 6.63. The summed E-state index contributed by atoms with van der Waals surface area (Å²) in [6, 6.07) is 13.9. The van der Waals surface area contributed by atoms with Gasteiger partial charge in [-0.1, -0.05) is 36.4 Å². The molecule has 31 heavy (non-hydrogen) atoms. The van der Waals surface area contributed by atoms with E-state index in [1.54, 1.807) is 31.2 Å². The molecule has 2 aliphatic rings. The molecular formula is C24H27N2O5+. The lowest BCUT2D eigenvalue weighted by Gasteiger charge is -2.29. The molecule has 0 saturated carbocycles. The second-order valence-electron chi connectivity index (χ2n) is 8.39. The molecule has 162 valence electrons. The molecule has 2 aromatic carbocycles. The van der Waals surface area contributed by atoms with Crippen LogP contribution in [0.3, 0.4) is 0 Å². The van der Waals surface area contributed by atoms with Gasteiger partial charge in [0.25, 0.3) is 0 Å². The number of fused-ring (bicyclic) bond motifs is 1. The Morgan fingerprint density at radius 2 is 1.81 bits per heavy atom. The molecule has 2 saturated heterocycles. The highest BCUT2D eigenvalue weighted by Gasteiger charge is 2.72. The van der Waals surface area contributed by atoms with Crippen molar-refractivity contribution in [3.8, 4) is 5.75 Å². The quantitative estimate of drug-likeness (QED) is 0.554. The van der Waals surface area contributed by atoms with E-state index in [2.05, 4.69) is 0 Å². The number of phenolic OH excluding ortho intramolecular Hbond substituents is 1. The Morgan fingerprint density at radius 3 is 2.45 bits per heavy atom. The van der Waals surface area contributed by atoms with Crippen molar-refractivity contribution < 1.29 is 29.5 Å². The number of benzene rings is 2. The molecule has 4 atom stereocenters. The number of carbonyl (C=O) groups excluding carboxylic acids is 3. The number of amides is 2. The van der Waals surface area contributed by atoms with Gasteiger partial charge in [-0.2, -0.15) is 0 Å². The molecular weight excluding hydrogens is 396 g/mol. The summed E-state index contributed by atoms with van der Waals surface area (Å²) in [6.07, 6.45) is 0.211. The van der Waals surface area contributed by atoms with Crippen LogP contribution >= 0.6 is 0 Å². The van der Waals surface area contributed by atoms with E-state index in [1.165, 1.54) is 7.05 Å². The van der Waals surface area contributed by atoms with Crippen LogP contribution in [0.4, 0.5) is 0 Å². The summed E-state index contributed by atoms with van der Waals surface area (Å²) in [5.41, 5.74) is 1.44. The average molecular weight is 423 g/mol. The van der Waals surface area contributed by atoms with Gasteiger partial charge >= 0.3 is 5.97 Å². The molecule has 0 bridgehead atoms. The van der Waals surface area contributed by atoms with Crippen molar-refractivity contribution >= 4 is 17.8 Å². The first-order valence-electron chi connectivity index (χ1n) is 10.5. The van der Waals surface area contributed by atoms with E-state index in [0.29, 0.717) is 0 Å². The van der Waals surface area contributed by atoms with Crippen LogP contribution in [0.5, 0.6) is 5.75 Å². The highest BCUT2D eigenvalue weighted by molar-refractivity contribution is 6.08. The number of esters is 1. The molecule has 7 nitrogen and oxygen atoms in total. The molecule has 0 radical (unpaired) electrons. The van der Waals surface area contributed by atoms with Crippen molar-refractivity contribution in [1.29, 1.82) is 0 Å². The van der Waals surface area contributed by atoms with Gasteiger partial charge in [0.15, 0.2) is 0 Å². The number of carbonyl (C=O) groups is 3. The van der Waals surface area contributed by atoms with Crippen molar-refractivity contribution in [2.75, 3.05) is 13.7 Å². The molecule has 7 heteroatoms. The second kappa shape index (κ2) is 7.81. The number of phenols is 1.